The number of rotatable bonds is 33. The number of aromatic amines is 1. The molecule has 14 rings (SSSR count). The minimum absolute atomic E-state index is 0.00950. The van der Waals surface area contributed by atoms with Crippen LogP contribution in [0.3, 0.4) is 0 Å². The number of aliphatic hydroxyl groups is 5. The van der Waals surface area contributed by atoms with E-state index in [1.165, 1.54) is 79.1 Å². The Morgan fingerprint density at radius 1 is 0.616 bits per heavy atom. The summed E-state index contributed by atoms with van der Waals surface area (Å²) < 4.78 is 143. The Morgan fingerprint density at radius 2 is 1.10 bits per heavy atom. The Kier molecular flexibility index (Phi) is 44.5. The van der Waals surface area contributed by atoms with Crippen molar-refractivity contribution in [3.63, 3.8) is 0 Å². The van der Waals surface area contributed by atoms with E-state index in [9.17, 15) is 71.7 Å². The molecule has 0 aliphatic carbocycles. The third-order valence-electron chi connectivity index (χ3n) is 22.9. The summed E-state index contributed by atoms with van der Waals surface area (Å²) in [6.45, 7) is 44.8. The molecule has 4 amide bonds. The van der Waals surface area contributed by atoms with Crippen molar-refractivity contribution < 1.29 is 119 Å². The lowest BCUT2D eigenvalue weighted by Gasteiger charge is -2.35. The minimum atomic E-state index is -3.13. The summed E-state index contributed by atoms with van der Waals surface area (Å²) in [5, 5.41) is 64.2. The third kappa shape index (κ3) is 32.8. The number of carbonyl (C=O) groups is 2. The van der Waals surface area contributed by atoms with Crippen molar-refractivity contribution >= 4 is 59.8 Å². The number of aromatic nitrogens is 12. The van der Waals surface area contributed by atoms with E-state index in [1.54, 1.807) is 63.3 Å². The van der Waals surface area contributed by atoms with Crippen molar-refractivity contribution in [3.8, 4) is 0 Å². The zero-order valence-electron chi connectivity index (χ0n) is 85.7. The van der Waals surface area contributed by atoms with E-state index in [0.29, 0.717) is 77.4 Å². The molecule has 0 spiro atoms. The first kappa shape index (κ1) is 121. The van der Waals surface area contributed by atoms with Crippen molar-refractivity contribution in [1.82, 2.24) is 78.2 Å². The number of thioether (sulfide) groups is 1. The number of H-pyrrole nitrogens is 1. The van der Waals surface area contributed by atoms with Gasteiger partial charge in [0.2, 0.25) is 7.37 Å². The number of halogens is 4. The minimum Gasteiger partial charge on any atom is -0.394 e. The molecule has 0 aromatic carbocycles. The number of nitrogen functional groups attached to an aromatic ring is 1. The molecule has 48 nitrogen and oxygen atoms in total. The van der Waals surface area contributed by atoms with Crippen LogP contribution >= 0.6 is 19.1 Å². The Morgan fingerprint density at radius 3 is 1.59 bits per heavy atom. The molecule has 54 heteroatoms. The zero-order chi connectivity index (χ0) is 109. The van der Waals surface area contributed by atoms with Gasteiger partial charge in [-0.3, -0.25) is 42.4 Å². The van der Waals surface area contributed by atoms with Crippen LogP contribution in [0.25, 0.3) is 21.6 Å². The average molecular weight is 2110 g/mol. The molecule has 3 unspecified atom stereocenters. The number of fused-ring (bicyclic) bond motifs is 1. The molecule has 14 heterocycles. The maximum absolute atomic E-state index is 15.2. The zero-order valence-corrected chi connectivity index (χ0v) is 87.4. The van der Waals surface area contributed by atoms with Crippen molar-refractivity contribution in [2.24, 2.45) is 5.11 Å². The Hall–Kier alpha value is -10.3. The number of amides is 4. The predicted molar refractivity (Wildman–Crippen MR) is 530 cm³/mol. The lowest BCUT2D eigenvalue weighted by molar-refractivity contribution is -0.0899. The molecular formula is C92H141F4N22O26PS. The molecule has 8 aliphatic heterocycles. The van der Waals surface area contributed by atoms with Gasteiger partial charge in [0.05, 0.1) is 95.2 Å². The number of anilines is 3. The molecule has 0 radical (unpaired) electrons. The number of hydrogen-bond donors (Lipinski definition) is 12. The van der Waals surface area contributed by atoms with Crippen molar-refractivity contribution in [1.29, 1.82) is 0 Å². The highest BCUT2D eigenvalue weighted by Gasteiger charge is 2.61. The van der Waals surface area contributed by atoms with E-state index in [4.69, 9.17) is 78.1 Å². The summed E-state index contributed by atoms with van der Waals surface area (Å²) in [5.41, 5.74) is 6.11. The number of alkyl halides is 4. The summed E-state index contributed by atoms with van der Waals surface area (Å²) in [4.78, 5) is 123. The number of imidazole rings is 1. The number of aryl methyl sites for hydroxylation is 2. The molecule has 8 aliphatic rings. The van der Waals surface area contributed by atoms with Crippen LogP contribution in [0.1, 0.15) is 174 Å². The highest BCUT2D eigenvalue weighted by molar-refractivity contribution is 8.00. The summed E-state index contributed by atoms with van der Waals surface area (Å²) >= 11 is 1.63. The average Bonchev–Trinajstić information content (AvgIpc) is 1.63. The van der Waals surface area contributed by atoms with Crippen molar-refractivity contribution in [2.45, 2.75) is 327 Å². The van der Waals surface area contributed by atoms with E-state index in [1.807, 2.05) is 101 Å². The fourth-order valence-electron chi connectivity index (χ4n) is 15.2. The van der Waals surface area contributed by atoms with Gasteiger partial charge in [0.1, 0.15) is 96.6 Å². The number of aliphatic hydroxyl groups excluding tert-OH is 5. The number of carbonyl (C=O) groups excluding carboxylic acids is 2. The smallest absolute Gasteiger partial charge is 0.351 e. The maximum atomic E-state index is 15.2. The molecule has 6 fully saturated rings. The molecule has 814 valence electrons. The van der Waals surface area contributed by atoms with Gasteiger partial charge in [-0.25, -0.2) is 61.3 Å². The van der Waals surface area contributed by atoms with Crippen LogP contribution in [0.4, 0.5) is 44.6 Å². The predicted octanol–water partition coefficient (Wildman–Crippen LogP) is 7.55. The van der Waals surface area contributed by atoms with E-state index in [0.717, 1.165) is 25.9 Å². The summed E-state index contributed by atoms with van der Waals surface area (Å²) in [6.07, 6.45) is -0.449. The van der Waals surface area contributed by atoms with Gasteiger partial charge in [-0.05, 0) is 174 Å². The van der Waals surface area contributed by atoms with Crippen LogP contribution in [0.2, 0.25) is 0 Å². The Bertz CT molecular complexity index is 5800. The number of nitrogens with one attached hydrogen (secondary N) is 5. The molecule has 0 bridgehead atoms. The highest BCUT2D eigenvalue weighted by atomic mass is 32.2. The second-order valence-corrected chi connectivity index (χ2v) is 41.4. The fraction of sp³-hybridized carbons (Fsp3) is 0.663. The Labute approximate surface area is 845 Å². The first-order chi connectivity index (χ1) is 68.4. The topological polar surface area (TPSA) is 616 Å². The van der Waals surface area contributed by atoms with Gasteiger partial charge in [0.25, 0.3) is 5.56 Å². The first-order valence-corrected chi connectivity index (χ1v) is 50.8. The highest BCUT2D eigenvalue weighted by Crippen LogP contribution is 2.45. The van der Waals surface area contributed by atoms with E-state index < -0.39 is 163 Å². The summed E-state index contributed by atoms with van der Waals surface area (Å²) in [5.74, 6) is 2.01. The number of nitrogens with zero attached hydrogens (tertiary/aromatic N) is 16. The van der Waals surface area contributed by atoms with Crippen LogP contribution in [0.5, 0.6) is 0 Å². The number of azide groups is 1. The monoisotopic (exact) mass is 2110 g/mol. The van der Waals surface area contributed by atoms with Gasteiger partial charge in [-0.15, -0.1) is 11.8 Å². The largest absolute Gasteiger partial charge is 0.394 e. The second-order valence-electron chi connectivity index (χ2n) is 37.9. The van der Waals surface area contributed by atoms with Crippen molar-refractivity contribution in [3.05, 3.63) is 179 Å². The summed E-state index contributed by atoms with van der Waals surface area (Å²) in [7, 11) is -3.13. The number of allylic oxidation sites excluding steroid dienone is 2. The standard InChI is InChI=1S/C15H23FN2O4.2C14H21FN2O4.C13H20FN3O4.C13H19N5O4.C12H20N5O3P.C11H17N3O3S/c1-5-15(16)12(19)11(8-21-9(2)3)22-13(15)18-7-6-10(4)17-14(18)20;2*1-8(2)20-7-10-11(18)14(4,15)12(21-10)17-6-5-9(3)16-13(17)19;1-7(2)15-9-4-5-17(12(20)16-9)11-13(3,14)10(19)8(6-18)21-11;1-7(2)21-6-10-9(16-17-14)4-11(22-10)18-5-8(3)12(19)15-13(18)20;1-9(2)16-11-10-12(14-6-13-11)17(7-15-10)4-5-20-8-21(3,18)19;1-7(2)16-5-10-17-9(6-18-10)14-4-3-8(12)13-11(14)15/h6-7,9,11-13,19H,4-5,8H2,1-3H3,(H,17,20);5-6,8,10-12,18H,7H2,1-4H3;5-6,8,10-12,18H,3,7H2,1-2,4H3,(H,16,19);4-5,7-8,10-11,18-19H,6H2,1-3H3,(H,15,16,20);5,7,9-11H,4,6H2,1-3H3,(H,15,19,20);6-7,9H,4-5,8H2,1-3H3,(H,18,19)(H,13,14,16);3-4,7,9-10H,5-6H2,1-2H3,(H2,12,13,15)/t11-,12-,13-,15-;2*10-,11-,12-,14-;8-,10-,11-,13-;9-,10+,11?;;9?,10-/m11110.1/s1. The fourth-order valence-corrected chi connectivity index (χ4v) is 16.7. The van der Waals surface area contributed by atoms with E-state index in [2.05, 4.69) is 79.3 Å². The molecule has 6 saturated heterocycles. The molecule has 22 atom stereocenters. The van der Waals surface area contributed by atoms with Gasteiger partial charge in [-0.2, -0.15) is 15.0 Å². The molecule has 6 aromatic heterocycles. The Balaban J connectivity index is 0.000000208. The van der Waals surface area contributed by atoms with Gasteiger partial charge in [0, 0.05) is 102 Å². The third-order valence-corrected chi connectivity index (χ3v) is 24.6. The van der Waals surface area contributed by atoms with Gasteiger partial charge in [-0.1, -0.05) is 25.2 Å². The summed E-state index contributed by atoms with van der Waals surface area (Å²) in [6, 6.07) is 3.55. The molecule has 0 saturated carbocycles. The van der Waals surface area contributed by atoms with E-state index in [-0.39, 0.29) is 105 Å². The number of ether oxygens (including phenoxy) is 12. The number of hydrogen-bond acceptors (Lipinski definition) is 36. The van der Waals surface area contributed by atoms with Gasteiger partial charge < -0.3 is 119 Å². The van der Waals surface area contributed by atoms with Crippen molar-refractivity contribution in [2.75, 3.05) is 81.4 Å². The normalized spacial score (nSPS) is 28.7. The quantitative estimate of drug-likeness (QED) is 0.00472. The maximum Gasteiger partial charge on any atom is 0.351 e. The van der Waals surface area contributed by atoms with Crippen LogP contribution in [-0.2, 0) is 68.0 Å². The van der Waals surface area contributed by atoms with E-state index >= 15 is 4.39 Å². The molecule has 13 N–H and O–H groups in total. The first-order valence-electron chi connectivity index (χ1n) is 47.4. The number of urea groups is 2. The van der Waals surface area contributed by atoms with Gasteiger partial charge >= 0.3 is 34.8 Å². The van der Waals surface area contributed by atoms with Crippen LogP contribution in [-0.4, -0.2) is 319 Å². The molecule has 146 heavy (non-hydrogen) atoms. The molecular weight excluding hydrogens is 1970 g/mol. The SMILES string of the molecule is C=C1C=CN([C@@H]2O[C@H](COC(C)C)[C@@H](O)[C@@]2(C)F)C(=O)N1.C=C1C=CN([C@@H]2O[C@H](COC(C)C)[C@@H](O)[C@]2(F)CC)C(=O)N1.CC(C)Nc1ccn([C@@H]2O[C@H](CO)[C@@H](O)[C@@]2(C)F)c(=O)n1.CC(C)Nc1ncnc2c1ncn2CCOCP(C)(=O)O.CC(C)OC[C@@H]1OC(n2ccc(N)nc2=O)CS1.Cc1ccn([C@@H]2O[C@H](COC(C)C)[C@@H](O)[C@@]2(C)F)c(=O)n1.Cc1cn(C2C[C@H](N=[N+]=[N-])[C@@H](COC(C)C)O2)c(=O)[nH]c1=O. The lowest BCUT2D eigenvalue weighted by atomic mass is 9.92. The number of nitrogens with two attached hydrogens (primary N) is 1. The lowest BCUT2D eigenvalue weighted by Crippen LogP contribution is -2.54. The van der Waals surface area contributed by atoms with Crippen LogP contribution in [0, 0.1) is 13.8 Å². The second kappa shape index (κ2) is 53.7. The van der Waals surface area contributed by atoms with Crippen LogP contribution < -0.4 is 55.3 Å². The van der Waals surface area contributed by atoms with Gasteiger partial charge in [0.15, 0.2) is 59.1 Å². The molecule has 6 aromatic rings. The van der Waals surface area contributed by atoms with Crippen LogP contribution in [0.15, 0.2) is 134 Å².